The summed E-state index contributed by atoms with van der Waals surface area (Å²) in [5.41, 5.74) is 3.11. The predicted molar refractivity (Wildman–Crippen MR) is 122 cm³/mol. The fourth-order valence-corrected chi connectivity index (χ4v) is 6.27. The van der Waals surface area contributed by atoms with Gasteiger partial charge in [0.05, 0.1) is 0 Å². The Morgan fingerprint density at radius 2 is 1.68 bits per heavy atom. The van der Waals surface area contributed by atoms with Crippen LogP contribution in [-0.4, -0.2) is 54.3 Å². The van der Waals surface area contributed by atoms with Crippen LogP contribution >= 0.6 is 0 Å². The van der Waals surface area contributed by atoms with Crippen molar-refractivity contribution in [2.75, 3.05) is 26.2 Å². The van der Waals surface area contributed by atoms with E-state index < -0.39 is 10.0 Å². The van der Waals surface area contributed by atoms with Crippen LogP contribution in [0.25, 0.3) is 0 Å². The molecule has 0 radical (unpaired) electrons. The summed E-state index contributed by atoms with van der Waals surface area (Å²) in [7, 11) is -1.75. The number of rotatable bonds is 6. The van der Waals surface area contributed by atoms with Crippen molar-refractivity contribution >= 4 is 15.9 Å². The van der Waals surface area contributed by atoms with Crippen molar-refractivity contribution in [3.63, 3.8) is 0 Å². The minimum absolute atomic E-state index is 0.0673. The molecule has 1 aromatic carbocycles. The first-order chi connectivity index (χ1) is 14.8. The van der Waals surface area contributed by atoms with E-state index in [4.69, 9.17) is 0 Å². The van der Waals surface area contributed by atoms with E-state index in [1.165, 1.54) is 15.4 Å². The van der Waals surface area contributed by atoms with Crippen molar-refractivity contribution in [3.8, 4) is 0 Å². The van der Waals surface area contributed by atoms with Crippen LogP contribution in [0.2, 0.25) is 0 Å². The van der Waals surface area contributed by atoms with E-state index in [9.17, 15) is 13.2 Å². The number of carbonyl (C=O) groups excluding carboxylic acids is 1. The number of sulfonamides is 1. The van der Waals surface area contributed by atoms with Gasteiger partial charge in [-0.05, 0) is 63.0 Å². The summed E-state index contributed by atoms with van der Waals surface area (Å²) in [5, 5.41) is 0. The van der Waals surface area contributed by atoms with E-state index in [1.807, 2.05) is 4.90 Å². The zero-order valence-corrected chi connectivity index (χ0v) is 19.4. The monoisotopic (exact) mass is 443 g/mol. The van der Waals surface area contributed by atoms with E-state index in [2.05, 4.69) is 31.2 Å². The molecule has 3 heterocycles. The normalized spacial score (nSPS) is 18.6. The van der Waals surface area contributed by atoms with Crippen molar-refractivity contribution in [1.82, 2.24) is 13.8 Å². The molecule has 0 bridgehead atoms. The lowest BCUT2D eigenvalue weighted by atomic mass is 9.90. The summed E-state index contributed by atoms with van der Waals surface area (Å²) >= 11 is 0. The van der Waals surface area contributed by atoms with Gasteiger partial charge in [0.25, 0.3) is 5.91 Å². The van der Waals surface area contributed by atoms with Crippen LogP contribution in [0.1, 0.15) is 53.7 Å². The Morgan fingerprint density at radius 1 is 1.03 bits per heavy atom. The maximum Gasteiger partial charge on any atom is 0.270 e. The van der Waals surface area contributed by atoms with Gasteiger partial charge in [-0.25, -0.2) is 8.42 Å². The van der Waals surface area contributed by atoms with Gasteiger partial charge in [0.15, 0.2) is 0 Å². The molecule has 0 N–H and O–H groups in total. The largest absolute Gasteiger partial charge is 0.345 e. The summed E-state index contributed by atoms with van der Waals surface area (Å²) in [6.45, 7) is 4.70. The predicted octanol–water partition coefficient (Wildman–Crippen LogP) is 3.60. The minimum Gasteiger partial charge on any atom is -0.345 e. The second-order valence-electron chi connectivity index (χ2n) is 9.04. The van der Waals surface area contributed by atoms with Crippen molar-refractivity contribution in [2.24, 2.45) is 13.0 Å². The number of amides is 1. The Balaban J connectivity index is 1.34. The summed E-state index contributed by atoms with van der Waals surface area (Å²) in [5.74, 6) is 0.562. The number of hydrogen-bond acceptors (Lipinski definition) is 3. The van der Waals surface area contributed by atoms with Crippen LogP contribution in [0.5, 0.6) is 0 Å². The average molecular weight is 444 g/mol. The Morgan fingerprint density at radius 3 is 2.32 bits per heavy atom. The highest BCUT2D eigenvalue weighted by atomic mass is 32.2. The van der Waals surface area contributed by atoms with Gasteiger partial charge in [-0.2, -0.15) is 4.31 Å². The molecule has 31 heavy (non-hydrogen) atoms. The number of nitrogens with zero attached hydrogens (tertiary/aromatic N) is 3. The van der Waals surface area contributed by atoms with Crippen molar-refractivity contribution in [2.45, 2.75) is 50.3 Å². The van der Waals surface area contributed by atoms with Gasteiger partial charge in [0, 0.05) is 39.4 Å². The average Bonchev–Trinajstić information content (AvgIpc) is 3.44. The molecule has 0 unspecified atom stereocenters. The van der Waals surface area contributed by atoms with Gasteiger partial charge in [-0.3, -0.25) is 4.79 Å². The first-order valence-electron chi connectivity index (χ1n) is 11.4. The number of benzene rings is 1. The van der Waals surface area contributed by atoms with E-state index >= 15 is 0 Å². The lowest BCUT2D eigenvalue weighted by molar-refractivity contribution is 0.0677. The van der Waals surface area contributed by atoms with Crippen molar-refractivity contribution in [3.05, 3.63) is 53.3 Å². The fourth-order valence-electron chi connectivity index (χ4n) is 4.68. The number of piperidine rings is 1. The van der Waals surface area contributed by atoms with E-state index in [0.717, 1.165) is 51.6 Å². The quantitative estimate of drug-likeness (QED) is 0.685. The Hall–Kier alpha value is -2.12. The molecule has 4 rings (SSSR count). The number of aromatic nitrogens is 1. The van der Waals surface area contributed by atoms with E-state index in [0.29, 0.717) is 24.7 Å². The Bertz CT molecular complexity index is 1010. The zero-order chi connectivity index (χ0) is 22.0. The molecule has 0 atom stereocenters. The van der Waals surface area contributed by atoms with Crippen LogP contribution in [0.3, 0.4) is 0 Å². The minimum atomic E-state index is -3.51. The smallest absolute Gasteiger partial charge is 0.270 e. The van der Waals surface area contributed by atoms with Gasteiger partial charge in [0.2, 0.25) is 10.0 Å². The first kappa shape index (κ1) is 22.1. The van der Waals surface area contributed by atoms with Gasteiger partial charge < -0.3 is 9.47 Å². The molecule has 2 aliphatic rings. The molecule has 0 aliphatic carbocycles. The third kappa shape index (κ3) is 4.88. The molecule has 2 aliphatic heterocycles. The molecule has 2 aromatic rings. The highest BCUT2D eigenvalue weighted by Gasteiger charge is 2.31. The number of aryl methyl sites for hydroxylation is 3. The number of likely N-dealkylation sites (tertiary alicyclic amines) is 1. The maximum atomic E-state index is 13.1. The van der Waals surface area contributed by atoms with Crippen molar-refractivity contribution in [1.29, 1.82) is 0 Å². The maximum absolute atomic E-state index is 13.1. The molecule has 2 saturated heterocycles. The molecular formula is C24H33N3O3S. The lowest BCUT2D eigenvalue weighted by Gasteiger charge is -2.32. The molecule has 0 spiro atoms. The highest BCUT2D eigenvalue weighted by Crippen LogP contribution is 2.26. The topological polar surface area (TPSA) is 62.6 Å². The second-order valence-corrected chi connectivity index (χ2v) is 11.0. The third-order valence-corrected chi connectivity index (χ3v) is 8.63. The second kappa shape index (κ2) is 9.17. The fraction of sp³-hybridized carbons (Fsp3) is 0.542. The molecule has 1 amide bonds. The van der Waals surface area contributed by atoms with Crippen LogP contribution < -0.4 is 0 Å². The van der Waals surface area contributed by atoms with Crippen LogP contribution in [0.15, 0.2) is 41.4 Å². The standard InChI is InChI=1S/C24H33N3O3S/c1-19-5-7-20(8-6-19)9-10-21-11-15-26(16-12-21)24(28)23-17-22(18-25(23)2)31(29,30)27-13-3-4-14-27/h5-8,17-18,21H,3-4,9-16H2,1-2H3. The summed E-state index contributed by atoms with van der Waals surface area (Å²) in [4.78, 5) is 15.2. The van der Waals surface area contributed by atoms with Gasteiger partial charge in [-0.15, -0.1) is 0 Å². The summed E-state index contributed by atoms with van der Waals surface area (Å²) in [6, 6.07) is 10.3. The van der Waals surface area contributed by atoms with E-state index in [-0.39, 0.29) is 10.8 Å². The third-order valence-electron chi connectivity index (χ3n) is 6.77. The van der Waals surface area contributed by atoms with E-state index in [1.54, 1.807) is 23.9 Å². The number of hydrogen-bond donors (Lipinski definition) is 0. The first-order valence-corrected chi connectivity index (χ1v) is 12.8. The molecule has 2 fully saturated rings. The van der Waals surface area contributed by atoms with Gasteiger partial charge in [0.1, 0.15) is 10.6 Å². The Labute approximate surface area is 185 Å². The summed E-state index contributed by atoms with van der Waals surface area (Å²) in [6.07, 6.45) is 7.60. The molecule has 6 nitrogen and oxygen atoms in total. The molecule has 7 heteroatoms. The summed E-state index contributed by atoms with van der Waals surface area (Å²) < 4.78 is 28.9. The van der Waals surface area contributed by atoms with Crippen LogP contribution in [0, 0.1) is 12.8 Å². The molecule has 168 valence electrons. The zero-order valence-electron chi connectivity index (χ0n) is 18.6. The molecule has 0 saturated carbocycles. The van der Waals surface area contributed by atoms with Crippen LogP contribution in [0.4, 0.5) is 0 Å². The van der Waals surface area contributed by atoms with Crippen LogP contribution in [-0.2, 0) is 23.5 Å². The van der Waals surface area contributed by atoms with Gasteiger partial charge in [-0.1, -0.05) is 29.8 Å². The SMILES string of the molecule is Cc1ccc(CCC2CCN(C(=O)c3cc(S(=O)(=O)N4CCCC4)cn3C)CC2)cc1. The van der Waals surface area contributed by atoms with Gasteiger partial charge >= 0.3 is 0 Å². The molecular weight excluding hydrogens is 410 g/mol. The Kier molecular flexibility index (Phi) is 6.53. The van der Waals surface area contributed by atoms with Crippen molar-refractivity contribution < 1.29 is 13.2 Å². The highest BCUT2D eigenvalue weighted by molar-refractivity contribution is 7.89. The number of carbonyl (C=O) groups is 1. The molecule has 1 aromatic heterocycles. The lowest BCUT2D eigenvalue weighted by Crippen LogP contribution is -2.39.